The van der Waals surface area contributed by atoms with E-state index in [-0.39, 0.29) is 5.92 Å². The van der Waals surface area contributed by atoms with E-state index in [0.717, 1.165) is 25.7 Å². The number of nitrogens with two attached hydrogens (primary N) is 1. The molecule has 0 aromatic carbocycles. The van der Waals surface area contributed by atoms with Crippen LogP contribution in [-0.4, -0.2) is 10.1 Å². The van der Waals surface area contributed by atoms with Crippen molar-refractivity contribution in [2.75, 3.05) is 0 Å². The van der Waals surface area contributed by atoms with E-state index in [9.17, 15) is 0 Å². The molecule has 0 heterocycles. The number of nitrogens with zero attached hydrogens (tertiary/aromatic N) is 1. The highest BCUT2D eigenvalue weighted by molar-refractivity contribution is 7.97. The highest BCUT2D eigenvalue weighted by atomic mass is 32.1. The number of hydrogen-bond donors (Lipinski definition) is 4. The summed E-state index contributed by atoms with van der Waals surface area (Å²) < 4.78 is 0. The monoisotopic (exact) mass is 217 g/mol. The highest BCUT2D eigenvalue weighted by Gasteiger charge is 2.25. The molecule has 0 amide bonds. The van der Waals surface area contributed by atoms with Crippen LogP contribution >= 0.6 is 25.3 Å². The molecule has 1 saturated carbocycles. The van der Waals surface area contributed by atoms with Gasteiger partial charge in [-0.3, -0.25) is 5.41 Å². The molecule has 2 atom stereocenters. The lowest BCUT2D eigenvalue weighted by molar-refractivity contribution is 0.390. The second-order valence-corrected chi connectivity index (χ2v) is 4.37. The van der Waals surface area contributed by atoms with Crippen LogP contribution in [0.3, 0.4) is 0 Å². The van der Waals surface area contributed by atoms with Crippen LogP contribution in [0.2, 0.25) is 0 Å². The fourth-order valence-corrected chi connectivity index (χ4v) is 2.25. The first-order valence-corrected chi connectivity index (χ1v) is 5.28. The van der Waals surface area contributed by atoms with Crippen molar-refractivity contribution < 1.29 is 0 Å². The summed E-state index contributed by atoms with van der Waals surface area (Å²) >= 11 is 8.28. The maximum Gasteiger partial charge on any atom is 0.0929 e. The van der Waals surface area contributed by atoms with Crippen molar-refractivity contribution in [2.45, 2.75) is 25.7 Å². The summed E-state index contributed by atoms with van der Waals surface area (Å²) in [7, 11) is 0. The first-order chi connectivity index (χ1) is 6.15. The van der Waals surface area contributed by atoms with Gasteiger partial charge >= 0.3 is 0 Å². The van der Waals surface area contributed by atoms with Crippen molar-refractivity contribution in [3.63, 3.8) is 0 Å². The van der Waals surface area contributed by atoms with Gasteiger partial charge in [0.2, 0.25) is 0 Å². The Morgan fingerprint density at radius 2 is 1.92 bits per heavy atom. The minimum Gasteiger partial charge on any atom is -0.323 e. The minimum atomic E-state index is 0.283. The molecule has 3 N–H and O–H groups in total. The van der Waals surface area contributed by atoms with Crippen LogP contribution in [0.4, 0.5) is 0 Å². The molecule has 1 aliphatic rings. The van der Waals surface area contributed by atoms with Crippen LogP contribution < -0.4 is 5.84 Å². The number of hydrogen-bond acceptors (Lipinski definition) is 3. The van der Waals surface area contributed by atoms with Crippen molar-refractivity contribution >= 4 is 35.3 Å². The molecule has 1 rings (SSSR count). The molecule has 13 heavy (non-hydrogen) atoms. The topological polar surface area (TPSA) is 62.2 Å². The molecule has 0 bridgehead atoms. The molecule has 0 saturated heterocycles. The number of thiol groups is 2. The van der Waals surface area contributed by atoms with Crippen LogP contribution in [0.1, 0.15) is 25.7 Å². The summed E-state index contributed by atoms with van der Waals surface area (Å²) in [6.45, 7) is 0. The lowest BCUT2D eigenvalue weighted by atomic mass is 9.82. The summed E-state index contributed by atoms with van der Waals surface area (Å²) in [4.78, 5) is 0. The Morgan fingerprint density at radius 1 is 1.31 bits per heavy atom. The normalized spacial score (nSPS) is 30.2. The Bertz CT molecular complexity index is 227. The quantitative estimate of drug-likeness (QED) is 0.184. The molecular formula is C8H15N3S2. The molecule has 1 aliphatic carbocycles. The predicted molar refractivity (Wildman–Crippen MR) is 62.8 cm³/mol. The Balaban J connectivity index is 2.56. The van der Waals surface area contributed by atoms with Crippen molar-refractivity contribution in [2.24, 2.45) is 22.8 Å². The molecular weight excluding hydrogens is 202 g/mol. The molecule has 1 fully saturated rings. The lowest BCUT2D eigenvalue weighted by Gasteiger charge is -2.27. The van der Waals surface area contributed by atoms with Crippen LogP contribution in [0.25, 0.3) is 0 Å². The Morgan fingerprint density at radius 3 is 2.46 bits per heavy atom. The van der Waals surface area contributed by atoms with E-state index in [1.54, 1.807) is 0 Å². The van der Waals surface area contributed by atoms with E-state index >= 15 is 0 Å². The summed E-state index contributed by atoms with van der Waals surface area (Å²) in [6.07, 6.45) is 4.17. The van der Waals surface area contributed by atoms with Gasteiger partial charge in [-0.25, -0.2) is 0 Å². The predicted octanol–water partition coefficient (Wildman–Crippen LogP) is 1.90. The van der Waals surface area contributed by atoms with E-state index in [2.05, 4.69) is 30.4 Å². The summed E-state index contributed by atoms with van der Waals surface area (Å²) in [5, 5.41) is 12.2. The fraction of sp³-hybridized carbons (Fsp3) is 0.750. The van der Waals surface area contributed by atoms with Crippen LogP contribution in [-0.2, 0) is 0 Å². The zero-order valence-electron chi connectivity index (χ0n) is 7.40. The average molecular weight is 217 g/mol. The van der Waals surface area contributed by atoms with Gasteiger partial charge in [-0.2, -0.15) is 5.10 Å². The first-order valence-electron chi connectivity index (χ1n) is 4.39. The van der Waals surface area contributed by atoms with Gasteiger partial charge < -0.3 is 5.84 Å². The second kappa shape index (κ2) is 4.91. The van der Waals surface area contributed by atoms with Gasteiger partial charge in [0.15, 0.2) is 0 Å². The third-order valence-corrected chi connectivity index (χ3v) is 3.40. The van der Waals surface area contributed by atoms with Crippen LogP contribution in [0, 0.1) is 17.2 Å². The van der Waals surface area contributed by atoms with Crippen molar-refractivity contribution in [1.82, 2.24) is 0 Å². The number of nitrogens with one attached hydrogen (secondary N) is 1. The number of hydrazone groups is 1. The molecule has 5 heteroatoms. The smallest absolute Gasteiger partial charge is 0.0929 e. The Kier molecular flexibility index (Phi) is 4.12. The van der Waals surface area contributed by atoms with Gasteiger partial charge in [-0.05, 0) is 19.3 Å². The van der Waals surface area contributed by atoms with Gasteiger partial charge in [-0.15, -0.1) is 25.3 Å². The SMILES string of the molecule is N=C(S)[C@H]1CCC[C@H](/C(S)=N/N)C1. The Labute approximate surface area is 89.5 Å². The third-order valence-electron chi connectivity index (χ3n) is 2.56. The van der Waals surface area contributed by atoms with E-state index in [1.807, 2.05) is 0 Å². The molecule has 74 valence electrons. The van der Waals surface area contributed by atoms with Gasteiger partial charge in [0.05, 0.1) is 10.1 Å². The molecule has 0 aromatic heterocycles. The largest absolute Gasteiger partial charge is 0.323 e. The summed E-state index contributed by atoms with van der Waals surface area (Å²) in [6, 6.07) is 0. The molecule has 0 aliphatic heterocycles. The summed E-state index contributed by atoms with van der Waals surface area (Å²) in [5.74, 6) is 5.78. The van der Waals surface area contributed by atoms with E-state index in [1.165, 1.54) is 0 Å². The first kappa shape index (κ1) is 10.9. The minimum absolute atomic E-state index is 0.283. The van der Waals surface area contributed by atoms with E-state index < -0.39 is 0 Å². The second-order valence-electron chi connectivity index (χ2n) is 3.43. The maximum atomic E-state index is 7.44. The zero-order chi connectivity index (χ0) is 9.84. The standard InChI is InChI=1S/C8H15N3S2/c9-7(12)5-2-1-3-6(4-5)8(13)11-10/h5-6H,1-4,10H2,(H2,9,12)(H,11,13)/t5-,6-/m0/s1. The molecule has 0 spiro atoms. The number of rotatable bonds is 2. The molecule has 3 nitrogen and oxygen atoms in total. The van der Waals surface area contributed by atoms with Gasteiger partial charge in [0, 0.05) is 11.8 Å². The third kappa shape index (κ3) is 2.91. The molecule has 0 aromatic rings. The van der Waals surface area contributed by atoms with Crippen molar-refractivity contribution in [3.8, 4) is 0 Å². The van der Waals surface area contributed by atoms with Crippen LogP contribution in [0.5, 0.6) is 0 Å². The van der Waals surface area contributed by atoms with Crippen LogP contribution in [0.15, 0.2) is 5.10 Å². The lowest BCUT2D eigenvalue weighted by Crippen LogP contribution is -2.23. The van der Waals surface area contributed by atoms with Gasteiger partial charge in [-0.1, -0.05) is 6.42 Å². The Hall–Kier alpha value is -0.160. The van der Waals surface area contributed by atoms with E-state index in [0.29, 0.717) is 16.0 Å². The average Bonchev–Trinajstić information content (AvgIpc) is 2.17. The highest BCUT2D eigenvalue weighted by Crippen LogP contribution is 2.31. The zero-order valence-corrected chi connectivity index (χ0v) is 9.19. The van der Waals surface area contributed by atoms with Crippen molar-refractivity contribution in [3.05, 3.63) is 0 Å². The van der Waals surface area contributed by atoms with Crippen molar-refractivity contribution in [1.29, 1.82) is 5.41 Å². The van der Waals surface area contributed by atoms with Gasteiger partial charge in [0.1, 0.15) is 0 Å². The summed E-state index contributed by atoms with van der Waals surface area (Å²) in [5.41, 5.74) is 0. The molecule has 0 unspecified atom stereocenters. The fourth-order valence-electron chi connectivity index (χ4n) is 1.78. The maximum absolute atomic E-state index is 7.44. The van der Waals surface area contributed by atoms with Gasteiger partial charge in [0.25, 0.3) is 0 Å². The van der Waals surface area contributed by atoms with E-state index in [4.69, 9.17) is 11.3 Å². The molecule has 0 radical (unpaired) electrons.